The quantitative estimate of drug-likeness (QED) is 0.426. The first-order valence-corrected chi connectivity index (χ1v) is 15.9. The monoisotopic (exact) mass is 576 g/mol. The van der Waals surface area contributed by atoms with Gasteiger partial charge in [-0.3, -0.25) is 9.69 Å². The molecular formula is C30H40N8O2S. The van der Waals surface area contributed by atoms with Gasteiger partial charge >= 0.3 is 0 Å². The first-order chi connectivity index (χ1) is 19.6. The van der Waals surface area contributed by atoms with Gasteiger partial charge in [-0.15, -0.1) is 10.2 Å². The van der Waals surface area contributed by atoms with Crippen LogP contribution in [-0.2, 0) is 24.0 Å². The number of aryl methyl sites for hydroxylation is 1. The van der Waals surface area contributed by atoms with Gasteiger partial charge in [-0.25, -0.2) is 18.9 Å². The predicted octanol–water partition coefficient (Wildman–Crippen LogP) is 4.89. The Bertz CT molecular complexity index is 1510. The molecule has 11 heteroatoms. The van der Waals surface area contributed by atoms with Crippen LogP contribution < -0.4 is 14.5 Å². The first-order valence-electron chi connectivity index (χ1n) is 14.8. The second-order valence-electron chi connectivity index (χ2n) is 12.5. The molecule has 3 aliphatic rings. The van der Waals surface area contributed by atoms with Crippen molar-refractivity contribution < 1.29 is 9.00 Å². The Balaban J connectivity index is 1.37. The van der Waals surface area contributed by atoms with E-state index >= 15 is 0 Å². The van der Waals surface area contributed by atoms with Crippen molar-refractivity contribution >= 4 is 28.5 Å². The zero-order valence-electron chi connectivity index (χ0n) is 24.8. The van der Waals surface area contributed by atoms with Crippen LogP contribution >= 0.6 is 0 Å². The number of anilines is 2. The summed E-state index contributed by atoms with van der Waals surface area (Å²) >= 11 is 0. The van der Waals surface area contributed by atoms with Crippen molar-refractivity contribution in [3.63, 3.8) is 0 Å². The number of carbonyl (C=O) groups excluding carboxylic acids is 1. The summed E-state index contributed by atoms with van der Waals surface area (Å²) in [5, 5.41) is 8.89. The molecule has 3 aliphatic heterocycles. The first kappa shape index (κ1) is 28.0. The highest BCUT2D eigenvalue weighted by molar-refractivity contribution is 7.84. The summed E-state index contributed by atoms with van der Waals surface area (Å²) in [5.74, 6) is 3.04. The van der Waals surface area contributed by atoms with Gasteiger partial charge in [0.05, 0.1) is 39.6 Å². The van der Waals surface area contributed by atoms with Gasteiger partial charge in [-0.2, -0.15) is 0 Å². The zero-order valence-corrected chi connectivity index (χ0v) is 25.7. The van der Waals surface area contributed by atoms with Crippen molar-refractivity contribution in [3.8, 4) is 11.5 Å². The van der Waals surface area contributed by atoms with Crippen molar-refractivity contribution in [3.05, 3.63) is 46.9 Å². The van der Waals surface area contributed by atoms with E-state index in [2.05, 4.69) is 38.2 Å². The molecule has 1 unspecified atom stereocenters. The van der Waals surface area contributed by atoms with Gasteiger partial charge in [0.25, 0.3) is 5.91 Å². The molecular weight excluding hydrogens is 536 g/mol. The van der Waals surface area contributed by atoms with Crippen molar-refractivity contribution in [1.82, 2.24) is 29.5 Å². The Kier molecular flexibility index (Phi) is 7.22. The Morgan fingerprint density at radius 1 is 1.15 bits per heavy atom. The fraction of sp³-hybridized carbons (Fsp3) is 0.567. The molecule has 0 aromatic carbocycles. The number of rotatable bonds is 7. The predicted molar refractivity (Wildman–Crippen MR) is 161 cm³/mol. The van der Waals surface area contributed by atoms with E-state index in [9.17, 15) is 9.00 Å². The van der Waals surface area contributed by atoms with E-state index in [4.69, 9.17) is 9.97 Å². The molecule has 6 rings (SSSR count). The third-order valence-electron chi connectivity index (χ3n) is 8.58. The van der Waals surface area contributed by atoms with E-state index in [1.165, 1.54) is 0 Å². The fourth-order valence-electron chi connectivity index (χ4n) is 6.23. The van der Waals surface area contributed by atoms with Crippen LogP contribution in [0.5, 0.6) is 0 Å². The van der Waals surface area contributed by atoms with Crippen LogP contribution in [0.1, 0.15) is 107 Å². The topological polar surface area (TPSA) is 109 Å². The summed E-state index contributed by atoms with van der Waals surface area (Å²) in [5.41, 5.74) is 2.98. The molecule has 0 spiro atoms. The molecule has 41 heavy (non-hydrogen) atoms. The van der Waals surface area contributed by atoms with Gasteiger partial charge in [0.1, 0.15) is 23.2 Å². The lowest BCUT2D eigenvalue weighted by atomic mass is 10.0. The van der Waals surface area contributed by atoms with Crippen LogP contribution in [0.2, 0.25) is 0 Å². The molecule has 218 valence electrons. The average molecular weight is 577 g/mol. The van der Waals surface area contributed by atoms with E-state index in [1.807, 2.05) is 52.0 Å². The van der Waals surface area contributed by atoms with E-state index in [0.29, 0.717) is 35.7 Å². The SMILES string of the molecule is CC[C@H]1CCc2nnc(-c3cccc(N4Cc5c(cc(N6CCC[C@H]6C)nc5C(C)N[S@](=O)C(C)(C)C)C4=O)n3)n21. The van der Waals surface area contributed by atoms with Crippen LogP contribution in [0.25, 0.3) is 11.5 Å². The van der Waals surface area contributed by atoms with E-state index < -0.39 is 15.7 Å². The fourth-order valence-corrected chi connectivity index (χ4v) is 7.02. The lowest BCUT2D eigenvalue weighted by molar-refractivity contribution is 0.0996. The number of hydrogen-bond donors (Lipinski definition) is 1. The Hall–Kier alpha value is -3.18. The maximum absolute atomic E-state index is 14.0. The zero-order chi connectivity index (χ0) is 29.1. The van der Waals surface area contributed by atoms with Crippen LogP contribution in [0.4, 0.5) is 11.6 Å². The molecule has 4 atom stereocenters. The highest BCUT2D eigenvalue weighted by Gasteiger charge is 2.37. The number of pyridine rings is 2. The minimum Gasteiger partial charge on any atom is -0.354 e. The van der Waals surface area contributed by atoms with Crippen molar-refractivity contribution in [2.75, 3.05) is 16.3 Å². The van der Waals surface area contributed by atoms with Gasteiger partial charge < -0.3 is 9.47 Å². The molecule has 0 bridgehead atoms. The number of fused-ring (bicyclic) bond motifs is 2. The summed E-state index contributed by atoms with van der Waals surface area (Å²) < 4.78 is 18.1. The minimum absolute atomic E-state index is 0.0940. The Morgan fingerprint density at radius 2 is 1.95 bits per heavy atom. The molecule has 0 radical (unpaired) electrons. The third-order valence-corrected chi connectivity index (χ3v) is 10.3. The molecule has 1 amide bonds. The minimum atomic E-state index is -1.29. The Labute approximate surface area is 244 Å². The second-order valence-corrected chi connectivity index (χ2v) is 14.5. The molecule has 10 nitrogen and oxygen atoms in total. The summed E-state index contributed by atoms with van der Waals surface area (Å²) in [4.78, 5) is 28.0. The highest BCUT2D eigenvalue weighted by Crippen LogP contribution is 2.37. The molecule has 1 saturated heterocycles. The smallest absolute Gasteiger partial charge is 0.260 e. The number of nitrogens with zero attached hydrogens (tertiary/aromatic N) is 7. The van der Waals surface area contributed by atoms with Crippen LogP contribution in [0.3, 0.4) is 0 Å². The van der Waals surface area contributed by atoms with Crippen molar-refractivity contribution in [2.24, 2.45) is 0 Å². The molecule has 1 fully saturated rings. The maximum atomic E-state index is 14.0. The lowest BCUT2D eigenvalue weighted by Crippen LogP contribution is -2.36. The molecule has 0 aliphatic carbocycles. The largest absolute Gasteiger partial charge is 0.354 e. The second kappa shape index (κ2) is 10.6. The molecule has 3 aromatic rings. The molecule has 3 aromatic heterocycles. The average Bonchev–Trinajstić information content (AvgIpc) is 3.72. The molecule has 1 N–H and O–H groups in total. The maximum Gasteiger partial charge on any atom is 0.260 e. The van der Waals surface area contributed by atoms with Crippen LogP contribution in [-0.4, -0.2) is 52.2 Å². The summed E-state index contributed by atoms with van der Waals surface area (Å²) in [6.45, 7) is 13.5. The van der Waals surface area contributed by atoms with Gasteiger partial charge in [-0.05, 0) is 78.5 Å². The summed E-state index contributed by atoms with van der Waals surface area (Å²) in [6.07, 6.45) is 5.19. The number of amides is 1. The Morgan fingerprint density at radius 3 is 2.66 bits per heavy atom. The van der Waals surface area contributed by atoms with Crippen LogP contribution in [0, 0.1) is 0 Å². The number of nitrogens with one attached hydrogen (secondary N) is 1. The molecule has 0 saturated carbocycles. The number of hydrogen-bond acceptors (Lipinski definition) is 7. The van der Waals surface area contributed by atoms with Crippen molar-refractivity contribution in [1.29, 1.82) is 0 Å². The van der Waals surface area contributed by atoms with Gasteiger partial charge in [-0.1, -0.05) is 13.0 Å². The lowest BCUT2D eigenvalue weighted by Gasteiger charge is -2.26. The highest BCUT2D eigenvalue weighted by atomic mass is 32.2. The number of aromatic nitrogens is 5. The van der Waals surface area contributed by atoms with E-state index in [0.717, 1.165) is 67.4 Å². The van der Waals surface area contributed by atoms with Crippen molar-refractivity contribution in [2.45, 2.75) is 103 Å². The van der Waals surface area contributed by atoms with Gasteiger partial charge in [0.15, 0.2) is 5.82 Å². The summed E-state index contributed by atoms with van der Waals surface area (Å²) in [7, 11) is -1.29. The third kappa shape index (κ3) is 4.97. The van der Waals surface area contributed by atoms with Crippen LogP contribution in [0.15, 0.2) is 24.3 Å². The number of carbonyl (C=O) groups is 1. The molecule has 6 heterocycles. The standard InChI is InChI=1S/C30H40N8O2S/c1-7-20-13-14-25-33-34-28(38(20)25)23-11-8-12-24(31-23)37-17-22-21(29(37)39)16-26(36-15-9-10-18(36)2)32-27(22)19(3)35-41(40)30(4,5)6/h8,11-12,16,18-20,35H,7,9-10,13-15,17H2,1-6H3/t18-,19?,20+,41-/m1/s1. The van der Waals surface area contributed by atoms with E-state index in [-0.39, 0.29) is 11.9 Å². The van der Waals surface area contributed by atoms with E-state index in [1.54, 1.807) is 4.90 Å². The summed E-state index contributed by atoms with van der Waals surface area (Å²) in [6, 6.07) is 8.09. The van der Waals surface area contributed by atoms with Gasteiger partial charge in [0, 0.05) is 30.6 Å². The van der Waals surface area contributed by atoms with Gasteiger partial charge in [0.2, 0.25) is 0 Å². The normalized spacial score (nSPS) is 21.9.